The third kappa shape index (κ3) is 5.81. The average Bonchev–Trinajstić information content (AvgIpc) is 2.79. The van der Waals surface area contributed by atoms with Gasteiger partial charge < -0.3 is 15.0 Å². The quantitative estimate of drug-likeness (QED) is 0.670. The fourth-order valence-corrected chi connectivity index (χ4v) is 3.88. The van der Waals surface area contributed by atoms with Gasteiger partial charge in [0, 0.05) is 25.4 Å². The zero-order valence-corrected chi connectivity index (χ0v) is 18.1. The zero-order chi connectivity index (χ0) is 23.3. The number of carbonyl (C=O) groups is 2. The van der Waals surface area contributed by atoms with E-state index < -0.39 is 11.7 Å². The molecule has 0 spiro atoms. The van der Waals surface area contributed by atoms with E-state index in [-0.39, 0.29) is 30.1 Å². The van der Waals surface area contributed by atoms with Crippen molar-refractivity contribution in [3.63, 3.8) is 0 Å². The lowest BCUT2D eigenvalue weighted by Gasteiger charge is -2.32. The van der Waals surface area contributed by atoms with Crippen molar-refractivity contribution in [3.05, 3.63) is 59.7 Å². The molecule has 1 atom stereocenters. The van der Waals surface area contributed by atoms with Gasteiger partial charge in [-0.15, -0.1) is 0 Å². The monoisotopic (exact) mass is 448 g/mol. The van der Waals surface area contributed by atoms with Gasteiger partial charge in [-0.1, -0.05) is 31.2 Å². The Morgan fingerprint density at radius 1 is 1.09 bits per heavy atom. The van der Waals surface area contributed by atoms with E-state index in [1.165, 1.54) is 12.1 Å². The maximum Gasteiger partial charge on any atom is 0.416 e. The first-order valence-corrected chi connectivity index (χ1v) is 10.6. The summed E-state index contributed by atoms with van der Waals surface area (Å²) in [4.78, 5) is 27.0. The van der Waals surface area contributed by atoms with E-state index in [0.29, 0.717) is 42.9 Å². The molecule has 2 aromatic carbocycles. The number of nitrogens with zero attached hydrogens (tertiary/aromatic N) is 1. The predicted molar refractivity (Wildman–Crippen MR) is 115 cm³/mol. The maximum absolute atomic E-state index is 12.7. The minimum absolute atomic E-state index is 0.0546. The molecule has 1 unspecified atom stereocenters. The lowest BCUT2D eigenvalue weighted by molar-refractivity contribution is -0.137. The summed E-state index contributed by atoms with van der Waals surface area (Å²) in [5, 5.41) is 2.90. The average molecular weight is 448 g/mol. The molecule has 172 valence electrons. The third-order valence-corrected chi connectivity index (χ3v) is 5.87. The molecule has 1 aliphatic heterocycles. The fourth-order valence-electron chi connectivity index (χ4n) is 3.88. The van der Waals surface area contributed by atoms with Crippen LogP contribution in [-0.2, 0) is 15.8 Å². The number of halogens is 3. The number of amides is 2. The number of alkyl halides is 3. The number of carbonyl (C=O) groups excluding carboxylic acids is 2. The molecule has 8 heteroatoms. The van der Waals surface area contributed by atoms with Gasteiger partial charge in [0.2, 0.25) is 11.8 Å². The molecular formula is C24H27F3N2O3. The number of ether oxygens (including phenoxy) is 1. The van der Waals surface area contributed by atoms with Crippen LogP contribution in [0.25, 0.3) is 0 Å². The Balaban J connectivity index is 1.50. The second kappa shape index (κ2) is 10.1. The smallest absolute Gasteiger partial charge is 0.416 e. The Kier molecular flexibility index (Phi) is 7.43. The van der Waals surface area contributed by atoms with E-state index in [9.17, 15) is 22.8 Å². The van der Waals surface area contributed by atoms with E-state index in [2.05, 4.69) is 5.32 Å². The molecule has 2 aromatic rings. The number of anilines is 1. The fraction of sp³-hybridized carbons (Fsp3) is 0.417. The minimum atomic E-state index is -4.38. The first kappa shape index (κ1) is 23.6. The molecule has 1 heterocycles. The van der Waals surface area contributed by atoms with Crippen LogP contribution in [0.1, 0.15) is 43.2 Å². The molecule has 32 heavy (non-hydrogen) atoms. The third-order valence-electron chi connectivity index (χ3n) is 5.87. The highest BCUT2D eigenvalue weighted by Gasteiger charge is 2.31. The van der Waals surface area contributed by atoms with Gasteiger partial charge in [0.15, 0.2) is 0 Å². The zero-order valence-electron chi connectivity index (χ0n) is 18.1. The van der Waals surface area contributed by atoms with E-state index in [1.807, 2.05) is 19.1 Å². The number of nitrogens with one attached hydrogen (secondary N) is 1. The van der Waals surface area contributed by atoms with Crippen LogP contribution >= 0.6 is 0 Å². The SMILES string of the molecule is COc1ccccc1NC(=O)C1CCN(C(=O)CC(C)c2ccc(C(F)(F)F)cc2)CC1. The van der Waals surface area contributed by atoms with Crippen LogP contribution in [0.2, 0.25) is 0 Å². The highest BCUT2D eigenvalue weighted by Crippen LogP contribution is 2.31. The number of rotatable bonds is 6. The Labute approximate surface area is 185 Å². The van der Waals surface area contributed by atoms with E-state index in [0.717, 1.165) is 12.1 Å². The van der Waals surface area contributed by atoms with Crippen LogP contribution in [0.15, 0.2) is 48.5 Å². The molecule has 0 aromatic heterocycles. The summed E-state index contributed by atoms with van der Waals surface area (Å²) in [6, 6.07) is 12.1. The van der Waals surface area contributed by atoms with Gasteiger partial charge in [0.1, 0.15) is 5.75 Å². The summed E-state index contributed by atoms with van der Waals surface area (Å²) in [5.41, 5.74) is 0.606. The van der Waals surface area contributed by atoms with E-state index in [4.69, 9.17) is 4.74 Å². The molecule has 2 amide bonds. The highest BCUT2D eigenvalue weighted by molar-refractivity contribution is 5.94. The van der Waals surface area contributed by atoms with Crippen LogP contribution < -0.4 is 10.1 Å². The minimum Gasteiger partial charge on any atom is -0.495 e. The Morgan fingerprint density at radius 2 is 1.72 bits per heavy atom. The van der Waals surface area contributed by atoms with Crippen molar-refractivity contribution in [2.75, 3.05) is 25.5 Å². The predicted octanol–water partition coefficient (Wildman–Crippen LogP) is 5.08. The number of likely N-dealkylation sites (tertiary alicyclic amines) is 1. The van der Waals surface area contributed by atoms with Gasteiger partial charge >= 0.3 is 6.18 Å². The molecule has 1 N–H and O–H groups in total. The molecular weight excluding hydrogens is 421 g/mol. The Morgan fingerprint density at radius 3 is 2.31 bits per heavy atom. The largest absolute Gasteiger partial charge is 0.495 e. The number of benzene rings is 2. The van der Waals surface area contributed by atoms with Crippen molar-refractivity contribution in [1.29, 1.82) is 0 Å². The summed E-state index contributed by atoms with van der Waals surface area (Å²) in [7, 11) is 1.54. The molecule has 0 bridgehead atoms. The number of piperidine rings is 1. The van der Waals surface area contributed by atoms with Crippen LogP contribution in [0, 0.1) is 5.92 Å². The molecule has 3 rings (SSSR count). The van der Waals surface area contributed by atoms with Gasteiger partial charge in [-0.25, -0.2) is 0 Å². The van der Waals surface area contributed by atoms with Crippen molar-refractivity contribution in [2.45, 2.75) is 38.3 Å². The van der Waals surface area contributed by atoms with Crippen molar-refractivity contribution in [1.82, 2.24) is 4.90 Å². The summed E-state index contributed by atoms with van der Waals surface area (Å²) in [6.45, 7) is 2.78. The van der Waals surface area contributed by atoms with Crippen LogP contribution in [0.4, 0.5) is 18.9 Å². The number of para-hydroxylation sites is 2. The van der Waals surface area contributed by atoms with Gasteiger partial charge in [-0.05, 0) is 48.6 Å². The number of hydrogen-bond acceptors (Lipinski definition) is 3. The summed E-state index contributed by atoms with van der Waals surface area (Å²) >= 11 is 0. The second-order valence-electron chi connectivity index (χ2n) is 8.07. The van der Waals surface area contributed by atoms with Gasteiger partial charge in [0.05, 0.1) is 18.4 Å². The topological polar surface area (TPSA) is 58.6 Å². The second-order valence-corrected chi connectivity index (χ2v) is 8.07. The van der Waals surface area contributed by atoms with Crippen LogP contribution in [0.3, 0.4) is 0 Å². The standard InChI is InChI=1S/C24H27F3N2O3/c1-16(17-7-9-19(10-8-17)24(25,26)27)15-22(30)29-13-11-18(12-14-29)23(31)28-20-5-3-4-6-21(20)32-2/h3-10,16,18H,11-15H2,1-2H3,(H,28,31). The molecule has 1 saturated heterocycles. The van der Waals surface area contributed by atoms with Crippen LogP contribution in [0.5, 0.6) is 5.75 Å². The molecule has 0 saturated carbocycles. The summed E-state index contributed by atoms with van der Waals surface area (Å²) in [6.07, 6.45) is -3.05. The number of methoxy groups -OCH3 is 1. The molecule has 1 fully saturated rings. The highest BCUT2D eigenvalue weighted by atomic mass is 19.4. The summed E-state index contributed by atoms with van der Waals surface area (Å²) < 4.78 is 43.4. The van der Waals surface area contributed by atoms with Crippen molar-refractivity contribution >= 4 is 17.5 Å². The van der Waals surface area contributed by atoms with E-state index in [1.54, 1.807) is 24.1 Å². The normalized spacial score (nSPS) is 15.8. The van der Waals surface area contributed by atoms with Gasteiger partial charge in [-0.2, -0.15) is 13.2 Å². The van der Waals surface area contributed by atoms with Gasteiger partial charge in [0.25, 0.3) is 0 Å². The summed E-state index contributed by atoms with van der Waals surface area (Å²) in [5.74, 6) is 0.0408. The Bertz CT molecular complexity index is 936. The molecule has 5 nitrogen and oxygen atoms in total. The van der Waals surface area contributed by atoms with Crippen LogP contribution in [-0.4, -0.2) is 36.9 Å². The Hall–Kier alpha value is -3.03. The molecule has 0 radical (unpaired) electrons. The van der Waals surface area contributed by atoms with Crippen molar-refractivity contribution in [2.24, 2.45) is 5.92 Å². The lowest BCUT2D eigenvalue weighted by Crippen LogP contribution is -2.41. The number of hydrogen-bond donors (Lipinski definition) is 1. The van der Waals surface area contributed by atoms with Crippen molar-refractivity contribution in [3.8, 4) is 5.75 Å². The van der Waals surface area contributed by atoms with Gasteiger partial charge in [-0.3, -0.25) is 9.59 Å². The first-order chi connectivity index (χ1) is 15.2. The first-order valence-electron chi connectivity index (χ1n) is 10.6. The molecule has 1 aliphatic rings. The maximum atomic E-state index is 12.7. The van der Waals surface area contributed by atoms with Crippen molar-refractivity contribution < 1.29 is 27.5 Å². The molecule has 0 aliphatic carbocycles. The lowest BCUT2D eigenvalue weighted by atomic mass is 9.93. The van der Waals surface area contributed by atoms with E-state index >= 15 is 0 Å².